The number of amides is 3. The highest BCUT2D eigenvalue weighted by atomic mass is 16.5. The first kappa shape index (κ1) is 22.8. The van der Waals surface area contributed by atoms with E-state index in [0.29, 0.717) is 16.9 Å². The number of anilines is 3. The Morgan fingerprint density at radius 1 is 0.941 bits per heavy atom. The molecule has 8 nitrogen and oxygen atoms in total. The van der Waals surface area contributed by atoms with Crippen LogP contribution < -0.4 is 20.7 Å². The number of ether oxygens (including phenoxy) is 1. The van der Waals surface area contributed by atoms with Gasteiger partial charge in [0, 0.05) is 37.0 Å². The topological polar surface area (TPSA) is 99.8 Å². The summed E-state index contributed by atoms with van der Waals surface area (Å²) in [4.78, 5) is 38.8. The van der Waals surface area contributed by atoms with E-state index >= 15 is 0 Å². The van der Waals surface area contributed by atoms with Crippen molar-refractivity contribution in [3.05, 3.63) is 83.9 Å². The lowest BCUT2D eigenvalue weighted by molar-refractivity contribution is -0.116. The number of methoxy groups -OCH3 is 1. The highest BCUT2D eigenvalue weighted by Crippen LogP contribution is 2.33. The molecule has 0 unspecified atom stereocenters. The van der Waals surface area contributed by atoms with Crippen LogP contribution in [0.3, 0.4) is 0 Å². The van der Waals surface area contributed by atoms with Gasteiger partial charge in [0.05, 0.1) is 12.7 Å². The summed E-state index contributed by atoms with van der Waals surface area (Å²) in [7, 11) is 1.60. The van der Waals surface area contributed by atoms with Crippen LogP contribution in [0.15, 0.2) is 72.8 Å². The average molecular weight is 459 g/mol. The summed E-state index contributed by atoms with van der Waals surface area (Å²) in [6, 6.07) is 21.7. The first-order chi connectivity index (χ1) is 16.4. The largest absolute Gasteiger partial charge is 0.497 e. The SMILES string of the molecule is COc1ccc([C@H]2Nc3ccccc3C(=O)N2CCC(=O)Nc2ccc(NC(C)=O)cc2)cc1. The molecule has 3 N–H and O–H groups in total. The molecule has 0 bridgehead atoms. The third-order valence-electron chi connectivity index (χ3n) is 5.52. The number of hydrogen-bond donors (Lipinski definition) is 3. The molecule has 0 aliphatic carbocycles. The maximum atomic E-state index is 13.3. The van der Waals surface area contributed by atoms with Gasteiger partial charge < -0.3 is 25.6 Å². The summed E-state index contributed by atoms with van der Waals surface area (Å²) in [5.74, 6) is 0.210. The molecule has 3 amide bonds. The van der Waals surface area contributed by atoms with E-state index in [9.17, 15) is 14.4 Å². The number of rotatable bonds is 7. The Morgan fingerprint density at radius 3 is 2.24 bits per heavy atom. The van der Waals surface area contributed by atoms with E-state index in [-0.39, 0.29) is 30.7 Å². The first-order valence-corrected chi connectivity index (χ1v) is 10.9. The van der Waals surface area contributed by atoms with Crippen LogP contribution in [-0.2, 0) is 9.59 Å². The van der Waals surface area contributed by atoms with E-state index in [1.165, 1.54) is 6.92 Å². The highest BCUT2D eigenvalue weighted by molar-refractivity contribution is 6.02. The number of carbonyl (C=O) groups is 3. The minimum absolute atomic E-state index is 0.121. The lowest BCUT2D eigenvalue weighted by Crippen LogP contribution is -2.44. The number of fused-ring (bicyclic) bond motifs is 1. The van der Waals surface area contributed by atoms with E-state index in [0.717, 1.165) is 17.0 Å². The zero-order valence-corrected chi connectivity index (χ0v) is 19.0. The van der Waals surface area contributed by atoms with Crippen molar-refractivity contribution < 1.29 is 19.1 Å². The molecule has 8 heteroatoms. The van der Waals surface area contributed by atoms with E-state index in [2.05, 4.69) is 16.0 Å². The standard InChI is InChI=1S/C26H26N4O4/c1-17(31)27-19-9-11-20(12-10-19)28-24(32)15-16-30-25(18-7-13-21(34-2)14-8-18)29-23-6-4-3-5-22(23)26(30)33/h3-14,25,29H,15-16H2,1-2H3,(H,27,31)(H,28,32)/t25-/m0/s1. The van der Waals surface area contributed by atoms with Crippen LogP contribution in [0.5, 0.6) is 5.75 Å². The molecule has 1 heterocycles. The predicted molar refractivity (Wildman–Crippen MR) is 131 cm³/mol. The van der Waals surface area contributed by atoms with E-state index in [1.54, 1.807) is 42.3 Å². The zero-order chi connectivity index (χ0) is 24.1. The summed E-state index contributed by atoms with van der Waals surface area (Å²) in [5.41, 5.74) is 3.47. The lowest BCUT2D eigenvalue weighted by atomic mass is 10.0. The predicted octanol–water partition coefficient (Wildman–Crippen LogP) is 4.25. The zero-order valence-electron chi connectivity index (χ0n) is 19.0. The molecule has 1 atom stereocenters. The van der Waals surface area contributed by atoms with Crippen molar-refractivity contribution >= 4 is 34.8 Å². The minimum Gasteiger partial charge on any atom is -0.497 e. The molecular formula is C26H26N4O4. The van der Waals surface area contributed by atoms with Crippen molar-refractivity contribution in [2.75, 3.05) is 29.6 Å². The summed E-state index contributed by atoms with van der Waals surface area (Å²) < 4.78 is 5.25. The molecule has 0 saturated heterocycles. The fourth-order valence-electron chi connectivity index (χ4n) is 3.86. The van der Waals surface area contributed by atoms with Crippen molar-refractivity contribution in [3.8, 4) is 5.75 Å². The fraction of sp³-hybridized carbons (Fsp3) is 0.192. The first-order valence-electron chi connectivity index (χ1n) is 10.9. The molecule has 34 heavy (non-hydrogen) atoms. The van der Waals surface area contributed by atoms with Crippen LogP contribution in [0.2, 0.25) is 0 Å². The van der Waals surface area contributed by atoms with Gasteiger partial charge in [-0.15, -0.1) is 0 Å². The molecule has 0 fully saturated rings. The molecule has 0 radical (unpaired) electrons. The number of benzene rings is 3. The van der Waals surface area contributed by atoms with Gasteiger partial charge in [0.1, 0.15) is 11.9 Å². The Kier molecular flexibility index (Phi) is 6.77. The van der Waals surface area contributed by atoms with Gasteiger partial charge in [-0.3, -0.25) is 14.4 Å². The molecule has 0 spiro atoms. The molecule has 1 aliphatic heterocycles. The quantitative estimate of drug-likeness (QED) is 0.492. The Labute approximate surface area is 197 Å². The second-order valence-corrected chi connectivity index (χ2v) is 7.92. The Hall–Kier alpha value is -4.33. The molecule has 3 aromatic carbocycles. The van der Waals surface area contributed by atoms with Crippen LogP contribution >= 0.6 is 0 Å². The van der Waals surface area contributed by atoms with Crippen LogP contribution in [0, 0.1) is 0 Å². The lowest BCUT2D eigenvalue weighted by Gasteiger charge is -2.38. The Balaban J connectivity index is 1.47. The number of nitrogens with one attached hydrogen (secondary N) is 3. The van der Waals surface area contributed by atoms with Gasteiger partial charge in [0.25, 0.3) is 5.91 Å². The van der Waals surface area contributed by atoms with Crippen LogP contribution in [-0.4, -0.2) is 36.3 Å². The number of nitrogens with zero attached hydrogens (tertiary/aromatic N) is 1. The smallest absolute Gasteiger partial charge is 0.257 e. The molecule has 1 aliphatic rings. The summed E-state index contributed by atoms with van der Waals surface area (Å²) >= 11 is 0. The third kappa shape index (κ3) is 5.17. The highest BCUT2D eigenvalue weighted by Gasteiger charge is 2.32. The van der Waals surface area contributed by atoms with Gasteiger partial charge in [-0.25, -0.2) is 0 Å². The fourth-order valence-corrected chi connectivity index (χ4v) is 3.86. The molecule has 3 aromatic rings. The second kappa shape index (κ2) is 10.1. The van der Waals surface area contributed by atoms with Gasteiger partial charge in [0.2, 0.25) is 11.8 Å². The maximum Gasteiger partial charge on any atom is 0.257 e. The average Bonchev–Trinajstić information content (AvgIpc) is 2.84. The van der Waals surface area contributed by atoms with Crippen molar-refractivity contribution in [1.29, 1.82) is 0 Å². The minimum atomic E-state index is -0.418. The van der Waals surface area contributed by atoms with Crippen molar-refractivity contribution in [2.24, 2.45) is 0 Å². The van der Waals surface area contributed by atoms with Crippen LogP contribution in [0.1, 0.15) is 35.4 Å². The van der Waals surface area contributed by atoms with E-state index in [1.807, 2.05) is 42.5 Å². The summed E-state index contributed by atoms with van der Waals surface area (Å²) in [5, 5.41) is 8.95. The van der Waals surface area contributed by atoms with Crippen LogP contribution in [0.4, 0.5) is 17.1 Å². The second-order valence-electron chi connectivity index (χ2n) is 7.92. The van der Waals surface area contributed by atoms with Crippen molar-refractivity contribution in [1.82, 2.24) is 4.90 Å². The monoisotopic (exact) mass is 458 g/mol. The van der Waals surface area contributed by atoms with Crippen molar-refractivity contribution in [3.63, 3.8) is 0 Å². The molecule has 174 valence electrons. The van der Waals surface area contributed by atoms with Gasteiger partial charge in [0.15, 0.2) is 0 Å². The van der Waals surface area contributed by atoms with Crippen molar-refractivity contribution in [2.45, 2.75) is 19.5 Å². The Bertz CT molecular complexity index is 1190. The molecule has 0 aromatic heterocycles. The number of hydrogen-bond acceptors (Lipinski definition) is 5. The van der Waals surface area contributed by atoms with E-state index in [4.69, 9.17) is 4.74 Å². The maximum absolute atomic E-state index is 13.3. The number of para-hydroxylation sites is 1. The summed E-state index contributed by atoms with van der Waals surface area (Å²) in [6.45, 7) is 1.66. The third-order valence-corrected chi connectivity index (χ3v) is 5.52. The van der Waals surface area contributed by atoms with E-state index < -0.39 is 6.17 Å². The molecular weight excluding hydrogens is 432 g/mol. The van der Waals surface area contributed by atoms with Gasteiger partial charge in [-0.1, -0.05) is 24.3 Å². The van der Waals surface area contributed by atoms with Gasteiger partial charge in [-0.05, 0) is 54.1 Å². The Morgan fingerprint density at radius 2 is 1.59 bits per heavy atom. The normalized spacial score (nSPS) is 14.6. The van der Waals surface area contributed by atoms with Gasteiger partial charge >= 0.3 is 0 Å². The summed E-state index contributed by atoms with van der Waals surface area (Å²) in [6.07, 6.45) is -0.298. The van der Waals surface area contributed by atoms with Gasteiger partial charge in [-0.2, -0.15) is 0 Å². The molecule has 4 rings (SSSR count). The molecule has 0 saturated carbocycles. The number of carbonyl (C=O) groups excluding carboxylic acids is 3. The van der Waals surface area contributed by atoms with Crippen LogP contribution in [0.25, 0.3) is 0 Å².